The average molecular weight is 298 g/mol. The second-order valence-corrected chi connectivity index (χ2v) is 5.55. The Bertz CT molecular complexity index is 641. The molecule has 0 radical (unpaired) electrons. The van der Waals surface area contributed by atoms with Gasteiger partial charge in [-0.3, -0.25) is 4.40 Å². The molecule has 0 atom stereocenters. The Hall–Kier alpha value is -1.63. The van der Waals surface area contributed by atoms with Crippen molar-refractivity contribution < 1.29 is 13.2 Å². The van der Waals surface area contributed by atoms with Crippen molar-refractivity contribution in [1.29, 1.82) is 0 Å². The standard InChI is InChI=1S/C14H17F3N4/c1-2-13(5-7-18-8-6-13)12-20-19-11-4-3-10(9-21(11)12)14(15,16)17/h3-4,9,18H,2,5-8H2,1H3. The molecule has 3 rings (SSSR count). The summed E-state index contributed by atoms with van der Waals surface area (Å²) >= 11 is 0. The zero-order valence-electron chi connectivity index (χ0n) is 11.7. The monoisotopic (exact) mass is 298 g/mol. The fourth-order valence-corrected chi connectivity index (χ4v) is 3.06. The molecule has 1 aliphatic rings. The van der Waals surface area contributed by atoms with Crippen LogP contribution in [0.5, 0.6) is 0 Å². The van der Waals surface area contributed by atoms with Crippen molar-refractivity contribution in [3.8, 4) is 0 Å². The second-order valence-electron chi connectivity index (χ2n) is 5.55. The average Bonchev–Trinajstić information content (AvgIpc) is 2.90. The van der Waals surface area contributed by atoms with Crippen LogP contribution in [0.2, 0.25) is 0 Å². The van der Waals surface area contributed by atoms with Crippen LogP contribution in [0, 0.1) is 0 Å². The minimum atomic E-state index is -4.36. The van der Waals surface area contributed by atoms with Crippen LogP contribution < -0.4 is 5.32 Å². The van der Waals surface area contributed by atoms with E-state index in [4.69, 9.17) is 0 Å². The summed E-state index contributed by atoms with van der Waals surface area (Å²) in [6.07, 6.45) is -0.680. The first-order chi connectivity index (χ1) is 9.96. The smallest absolute Gasteiger partial charge is 0.317 e. The minimum Gasteiger partial charge on any atom is -0.317 e. The lowest BCUT2D eigenvalue weighted by atomic mass is 9.76. The summed E-state index contributed by atoms with van der Waals surface area (Å²) in [5.74, 6) is 0.646. The molecule has 1 aliphatic heterocycles. The lowest BCUT2D eigenvalue weighted by molar-refractivity contribution is -0.137. The molecule has 0 unspecified atom stereocenters. The van der Waals surface area contributed by atoms with Gasteiger partial charge < -0.3 is 5.32 Å². The molecule has 4 nitrogen and oxygen atoms in total. The highest BCUT2D eigenvalue weighted by molar-refractivity contribution is 5.41. The Balaban J connectivity index is 2.14. The second kappa shape index (κ2) is 4.98. The van der Waals surface area contributed by atoms with Crippen LogP contribution in [0.1, 0.15) is 37.6 Å². The van der Waals surface area contributed by atoms with Crippen molar-refractivity contribution in [2.75, 3.05) is 13.1 Å². The van der Waals surface area contributed by atoms with Crippen LogP contribution >= 0.6 is 0 Å². The van der Waals surface area contributed by atoms with Gasteiger partial charge in [0.1, 0.15) is 5.82 Å². The van der Waals surface area contributed by atoms with E-state index in [9.17, 15) is 13.2 Å². The predicted molar refractivity (Wildman–Crippen MR) is 72.1 cm³/mol. The third-order valence-corrected chi connectivity index (χ3v) is 4.44. The fourth-order valence-electron chi connectivity index (χ4n) is 3.06. The van der Waals surface area contributed by atoms with Crippen molar-refractivity contribution in [3.63, 3.8) is 0 Å². The molecule has 0 amide bonds. The number of hydrogen-bond donors (Lipinski definition) is 1. The van der Waals surface area contributed by atoms with Gasteiger partial charge in [0.15, 0.2) is 5.65 Å². The van der Waals surface area contributed by atoms with E-state index in [1.807, 2.05) is 0 Å². The SMILES string of the molecule is CCC1(c2nnc3ccc(C(F)(F)F)cn23)CCNCC1. The van der Waals surface area contributed by atoms with Crippen molar-refractivity contribution in [2.24, 2.45) is 0 Å². The molecule has 0 aromatic carbocycles. The van der Waals surface area contributed by atoms with Gasteiger partial charge in [0.2, 0.25) is 0 Å². The number of halogens is 3. The number of alkyl halides is 3. The predicted octanol–water partition coefficient (Wildman–Crippen LogP) is 2.78. The Morgan fingerprint density at radius 2 is 1.95 bits per heavy atom. The summed E-state index contributed by atoms with van der Waals surface area (Å²) in [4.78, 5) is 0. The molecule has 1 saturated heterocycles. The maximum Gasteiger partial charge on any atom is 0.417 e. The summed E-state index contributed by atoms with van der Waals surface area (Å²) in [6.45, 7) is 3.75. The van der Waals surface area contributed by atoms with E-state index in [0.717, 1.165) is 44.6 Å². The molecule has 114 valence electrons. The lowest BCUT2D eigenvalue weighted by Gasteiger charge is -2.35. The van der Waals surface area contributed by atoms with Gasteiger partial charge in [-0.2, -0.15) is 13.2 Å². The summed E-state index contributed by atoms with van der Waals surface area (Å²) in [5.41, 5.74) is -0.407. The highest BCUT2D eigenvalue weighted by Crippen LogP contribution is 2.36. The van der Waals surface area contributed by atoms with Gasteiger partial charge >= 0.3 is 6.18 Å². The molecule has 0 aliphatic carbocycles. The highest BCUT2D eigenvalue weighted by Gasteiger charge is 2.37. The molecule has 0 bridgehead atoms. The van der Waals surface area contributed by atoms with Crippen molar-refractivity contribution in [1.82, 2.24) is 19.9 Å². The fraction of sp³-hybridized carbons (Fsp3) is 0.571. The number of piperidine rings is 1. The van der Waals surface area contributed by atoms with Gasteiger partial charge in [-0.1, -0.05) is 6.92 Å². The Morgan fingerprint density at radius 3 is 2.57 bits per heavy atom. The molecule has 2 aromatic heterocycles. The van der Waals surface area contributed by atoms with Crippen LogP contribution in [0.25, 0.3) is 5.65 Å². The summed E-state index contributed by atoms with van der Waals surface area (Å²) < 4.78 is 40.2. The maximum absolute atomic E-state index is 12.9. The lowest BCUT2D eigenvalue weighted by Crippen LogP contribution is -2.40. The molecule has 3 heterocycles. The van der Waals surface area contributed by atoms with E-state index >= 15 is 0 Å². The van der Waals surface area contributed by atoms with E-state index in [0.29, 0.717) is 11.5 Å². The molecule has 0 saturated carbocycles. The zero-order chi connectivity index (χ0) is 15.1. The molecule has 21 heavy (non-hydrogen) atoms. The quantitative estimate of drug-likeness (QED) is 0.927. The number of rotatable bonds is 2. The Labute approximate surface area is 120 Å². The molecule has 1 fully saturated rings. The van der Waals surface area contributed by atoms with E-state index in [2.05, 4.69) is 22.4 Å². The van der Waals surface area contributed by atoms with Crippen LogP contribution in [0.4, 0.5) is 13.2 Å². The van der Waals surface area contributed by atoms with Gasteiger partial charge in [0.25, 0.3) is 0 Å². The summed E-state index contributed by atoms with van der Waals surface area (Å²) in [5, 5.41) is 11.5. The third kappa shape index (κ3) is 2.39. The van der Waals surface area contributed by atoms with Crippen LogP contribution in [-0.2, 0) is 11.6 Å². The van der Waals surface area contributed by atoms with E-state index in [1.165, 1.54) is 10.5 Å². The number of nitrogens with one attached hydrogen (secondary N) is 1. The maximum atomic E-state index is 12.9. The minimum absolute atomic E-state index is 0.200. The van der Waals surface area contributed by atoms with Crippen LogP contribution in [0.3, 0.4) is 0 Å². The van der Waals surface area contributed by atoms with Crippen LogP contribution in [-0.4, -0.2) is 27.7 Å². The van der Waals surface area contributed by atoms with E-state index in [-0.39, 0.29) is 5.41 Å². The largest absolute Gasteiger partial charge is 0.417 e. The first-order valence-corrected chi connectivity index (χ1v) is 7.09. The number of aromatic nitrogens is 3. The first kappa shape index (κ1) is 14.3. The van der Waals surface area contributed by atoms with Crippen molar-refractivity contribution in [3.05, 3.63) is 29.7 Å². The topological polar surface area (TPSA) is 42.2 Å². The van der Waals surface area contributed by atoms with E-state index in [1.54, 1.807) is 0 Å². The van der Waals surface area contributed by atoms with E-state index < -0.39 is 11.7 Å². The first-order valence-electron chi connectivity index (χ1n) is 7.09. The highest BCUT2D eigenvalue weighted by atomic mass is 19.4. The molecular weight excluding hydrogens is 281 g/mol. The molecular formula is C14H17F3N4. The molecule has 0 spiro atoms. The zero-order valence-corrected chi connectivity index (χ0v) is 11.7. The normalized spacial score (nSPS) is 19.0. The summed E-state index contributed by atoms with van der Waals surface area (Å²) in [7, 11) is 0. The molecule has 2 aromatic rings. The van der Waals surface area contributed by atoms with Crippen molar-refractivity contribution >= 4 is 5.65 Å². The third-order valence-electron chi connectivity index (χ3n) is 4.44. The Morgan fingerprint density at radius 1 is 1.24 bits per heavy atom. The number of hydrogen-bond acceptors (Lipinski definition) is 3. The molecule has 7 heteroatoms. The van der Waals surface area contributed by atoms with Gasteiger partial charge in [-0.25, -0.2) is 0 Å². The van der Waals surface area contributed by atoms with Crippen LogP contribution in [0.15, 0.2) is 18.3 Å². The van der Waals surface area contributed by atoms with Gasteiger partial charge in [0.05, 0.1) is 5.56 Å². The number of fused-ring (bicyclic) bond motifs is 1. The van der Waals surface area contributed by atoms with Gasteiger partial charge in [-0.05, 0) is 44.5 Å². The Kier molecular flexibility index (Phi) is 3.39. The molecule has 1 N–H and O–H groups in total. The van der Waals surface area contributed by atoms with Gasteiger partial charge in [-0.15, -0.1) is 10.2 Å². The van der Waals surface area contributed by atoms with Gasteiger partial charge in [0, 0.05) is 11.6 Å². The number of nitrogens with zero attached hydrogens (tertiary/aromatic N) is 3. The van der Waals surface area contributed by atoms with Crippen molar-refractivity contribution in [2.45, 2.75) is 37.8 Å². The summed E-state index contributed by atoms with van der Waals surface area (Å²) in [6, 6.07) is 2.43. The number of pyridine rings is 1.